The van der Waals surface area contributed by atoms with Crippen LogP contribution in [0.2, 0.25) is 0 Å². The molecule has 1 aliphatic rings. The van der Waals surface area contributed by atoms with Gasteiger partial charge in [0.15, 0.2) is 0 Å². The second-order valence-corrected chi connectivity index (χ2v) is 7.77. The fourth-order valence-electron chi connectivity index (χ4n) is 2.21. The second-order valence-electron chi connectivity index (χ2n) is 4.77. The summed E-state index contributed by atoms with van der Waals surface area (Å²) < 4.78 is 24.5. The van der Waals surface area contributed by atoms with Gasteiger partial charge in [-0.25, -0.2) is 8.42 Å². The molecular weight excluding hydrogens is 300 g/mol. The van der Waals surface area contributed by atoms with Crippen molar-refractivity contribution in [3.05, 3.63) is 5.01 Å². The summed E-state index contributed by atoms with van der Waals surface area (Å²) in [6, 6.07) is -0.636. The maximum atomic E-state index is 12.2. The molecule has 1 atom stereocenters. The Morgan fingerprint density at radius 2 is 2.25 bits per heavy atom. The number of rotatable bonds is 5. The van der Waals surface area contributed by atoms with Gasteiger partial charge in [-0.15, -0.1) is 10.2 Å². The molecule has 1 N–H and O–H groups in total. The predicted octanol–water partition coefficient (Wildman–Crippen LogP) is 0.853. The highest BCUT2D eigenvalue weighted by Gasteiger charge is 2.36. The second kappa shape index (κ2) is 6.15. The zero-order valence-corrected chi connectivity index (χ0v) is 13.1. The van der Waals surface area contributed by atoms with Gasteiger partial charge >= 0.3 is 0 Å². The Balaban J connectivity index is 2.03. The summed E-state index contributed by atoms with van der Waals surface area (Å²) in [7, 11) is -3.35. The van der Waals surface area contributed by atoms with Crippen LogP contribution in [0.1, 0.15) is 31.2 Å². The number of carbonyl (C=O) groups is 1. The Morgan fingerprint density at radius 1 is 1.50 bits per heavy atom. The summed E-state index contributed by atoms with van der Waals surface area (Å²) in [5.74, 6) is -0.327. The fraction of sp³-hybridized carbons (Fsp3) is 0.727. The van der Waals surface area contributed by atoms with E-state index >= 15 is 0 Å². The van der Waals surface area contributed by atoms with Crippen LogP contribution in [0.4, 0.5) is 5.13 Å². The monoisotopic (exact) mass is 318 g/mol. The van der Waals surface area contributed by atoms with Crippen LogP contribution in [0.25, 0.3) is 0 Å². The first-order valence-corrected chi connectivity index (χ1v) is 9.18. The lowest BCUT2D eigenvalue weighted by Gasteiger charge is -2.20. The van der Waals surface area contributed by atoms with Crippen LogP contribution >= 0.6 is 11.3 Å². The SMILES string of the molecule is CCCc1nnc(NC(=O)C2CCCN2S(C)(=O)=O)s1. The van der Waals surface area contributed by atoms with Crippen molar-refractivity contribution in [2.24, 2.45) is 0 Å². The Morgan fingerprint density at radius 3 is 2.90 bits per heavy atom. The van der Waals surface area contributed by atoms with Crippen molar-refractivity contribution in [3.8, 4) is 0 Å². The average molecular weight is 318 g/mol. The van der Waals surface area contributed by atoms with Crippen LogP contribution in [0.5, 0.6) is 0 Å². The summed E-state index contributed by atoms with van der Waals surface area (Å²) in [4.78, 5) is 12.2. The fourth-order valence-corrected chi connectivity index (χ4v) is 4.18. The first kappa shape index (κ1) is 15.3. The average Bonchev–Trinajstić information content (AvgIpc) is 2.97. The highest BCUT2D eigenvalue weighted by Crippen LogP contribution is 2.23. The number of carbonyl (C=O) groups excluding carboxylic acids is 1. The zero-order chi connectivity index (χ0) is 14.8. The molecule has 20 heavy (non-hydrogen) atoms. The van der Waals surface area contributed by atoms with E-state index in [4.69, 9.17) is 0 Å². The van der Waals surface area contributed by atoms with E-state index in [0.717, 1.165) is 24.1 Å². The van der Waals surface area contributed by atoms with Crippen LogP contribution in [0, 0.1) is 0 Å². The number of anilines is 1. The molecule has 1 unspecified atom stereocenters. The minimum atomic E-state index is -3.35. The van der Waals surface area contributed by atoms with Crippen LogP contribution in [0.3, 0.4) is 0 Å². The largest absolute Gasteiger partial charge is 0.299 e. The lowest BCUT2D eigenvalue weighted by molar-refractivity contribution is -0.119. The first-order valence-electron chi connectivity index (χ1n) is 6.52. The molecule has 0 aromatic carbocycles. The van der Waals surface area contributed by atoms with Crippen molar-refractivity contribution in [3.63, 3.8) is 0 Å². The van der Waals surface area contributed by atoms with Crippen LogP contribution in [-0.2, 0) is 21.2 Å². The molecule has 2 heterocycles. The molecule has 1 aromatic rings. The van der Waals surface area contributed by atoms with Crippen LogP contribution in [0.15, 0.2) is 0 Å². The minimum absolute atomic E-state index is 0.327. The Bertz CT molecular complexity index is 584. The molecule has 0 spiro atoms. The van der Waals surface area contributed by atoms with E-state index in [1.807, 2.05) is 6.92 Å². The van der Waals surface area contributed by atoms with Crippen molar-refractivity contribution in [2.75, 3.05) is 18.1 Å². The molecule has 9 heteroatoms. The third kappa shape index (κ3) is 3.53. The van der Waals surface area contributed by atoms with E-state index in [0.29, 0.717) is 24.5 Å². The standard InChI is InChI=1S/C11H18N4O3S2/c1-3-5-9-13-14-11(19-9)12-10(16)8-6-4-7-15(8)20(2,17)18/h8H,3-7H2,1-2H3,(H,12,14,16). The number of sulfonamides is 1. The lowest BCUT2D eigenvalue weighted by atomic mass is 10.2. The number of amides is 1. The third-order valence-corrected chi connectivity index (χ3v) is 5.28. The maximum absolute atomic E-state index is 12.2. The number of aryl methyl sites for hydroxylation is 1. The molecule has 0 saturated carbocycles. The molecule has 0 aliphatic carbocycles. The molecule has 1 fully saturated rings. The maximum Gasteiger partial charge on any atom is 0.244 e. The Kier molecular flexibility index (Phi) is 4.71. The van der Waals surface area contributed by atoms with E-state index < -0.39 is 16.1 Å². The Hall–Kier alpha value is -1.06. The summed E-state index contributed by atoms with van der Waals surface area (Å²) >= 11 is 1.33. The predicted molar refractivity (Wildman–Crippen MR) is 77.1 cm³/mol. The molecule has 112 valence electrons. The van der Waals surface area contributed by atoms with E-state index in [9.17, 15) is 13.2 Å². The lowest BCUT2D eigenvalue weighted by Crippen LogP contribution is -2.42. The first-order chi connectivity index (χ1) is 9.41. The van der Waals surface area contributed by atoms with Crippen molar-refractivity contribution in [1.29, 1.82) is 0 Å². The smallest absolute Gasteiger partial charge is 0.244 e. The van der Waals surface area contributed by atoms with Gasteiger partial charge in [0, 0.05) is 13.0 Å². The molecule has 0 radical (unpaired) electrons. The zero-order valence-electron chi connectivity index (χ0n) is 11.5. The van der Waals surface area contributed by atoms with Gasteiger partial charge in [-0.1, -0.05) is 18.3 Å². The van der Waals surface area contributed by atoms with E-state index in [2.05, 4.69) is 15.5 Å². The van der Waals surface area contributed by atoms with Gasteiger partial charge in [0.2, 0.25) is 21.1 Å². The molecule has 1 aromatic heterocycles. The Labute approximate surface area is 122 Å². The van der Waals surface area contributed by atoms with Crippen molar-refractivity contribution in [2.45, 2.75) is 38.6 Å². The molecular formula is C11H18N4O3S2. The molecule has 1 aliphatic heterocycles. The summed E-state index contributed by atoms with van der Waals surface area (Å²) in [5, 5.41) is 11.8. The van der Waals surface area contributed by atoms with Gasteiger partial charge < -0.3 is 0 Å². The molecule has 1 amide bonds. The normalized spacial score (nSPS) is 20.2. The van der Waals surface area contributed by atoms with Gasteiger partial charge in [-0.3, -0.25) is 10.1 Å². The van der Waals surface area contributed by atoms with Gasteiger partial charge in [0.1, 0.15) is 11.0 Å². The number of nitrogens with one attached hydrogen (secondary N) is 1. The van der Waals surface area contributed by atoms with Gasteiger partial charge in [0.25, 0.3) is 0 Å². The van der Waals surface area contributed by atoms with E-state index in [-0.39, 0.29) is 5.91 Å². The van der Waals surface area contributed by atoms with E-state index in [1.54, 1.807) is 0 Å². The number of nitrogens with zero attached hydrogens (tertiary/aromatic N) is 3. The van der Waals surface area contributed by atoms with Crippen molar-refractivity contribution >= 4 is 32.4 Å². The highest BCUT2D eigenvalue weighted by molar-refractivity contribution is 7.88. The molecule has 0 bridgehead atoms. The van der Waals surface area contributed by atoms with Gasteiger partial charge in [-0.05, 0) is 19.3 Å². The quantitative estimate of drug-likeness (QED) is 0.869. The third-order valence-electron chi connectivity index (χ3n) is 3.09. The summed E-state index contributed by atoms with van der Waals surface area (Å²) in [6.07, 6.45) is 4.16. The molecule has 2 rings (SSSR count). The van der Waals surface area contributed by atoms with Gasteiger partial charge in [-0.2, -0.15) is 4.31 Å². The minimum Gasteiger partial charge on any atom is -0.299 e. The van der Waals surface area contributed by atoms with Crippen LogP contribution < -0.4 is 5.32 Å². The van der Waals surface area contributed by atoms with E-state index in [1.165, 1.54) is 15.6 Å². The van der Waals surface area contributed by atoms with Crippen molar-refractivity contribution < 1.29 is 13.2 Å². The summed E-state index contributed by atoms with van der Waals surface area (Å²) in [5.41, 5.74) is 0. The van der Waals surface area contributed by atoms with Gasteiger partial charge in [0.05, 0.1) is 6.26 Å². The number of hydrogen-bond acceptors (Lipinski definition) is 6. The highest BCUT2D eigenvalue weighted by atomic mass is 32.2. The number of hydrogen-bond donors (Lipinski definition) is 1. The molecule has 1 saturated heterocycles. The van der Waals surface area contributed by atoms with Crippen LogP contribution in [-0.4, -0.2) is 47.7 Å². The topological polar surface area (TPSA) is 92.3 Å². The summed E-state index contributed by atoms with van der Waals surface area (Å²) in [6.45, 7) is 2.44. The number of aromatic nitrogens is 2. The van der Waals surface area contributed by atoms with Crippen molar-refractivity contribution in [1.82, 2.24) is 14.5 Å². The molecule has 7 nitrogen and oxygen atoms in total.